The Morgan fingerprint density at radius 3 is 2.67 bits per heavy atom. The zero-order valence-electron chi connectivity index (χ0n) is 12.3. The molecule has 3 nitrogen and oxygen atoms in total. The Hall–Kier alpha value is -1.68. The number of ether oxygens (including phenoxy) is 1. The molecule has 21 heavy (non-hydrogen) atoms. The van der Waals surface area contributed by atoms with Gasteiger partial charge in [-0.25, -0.2) is 4.98 Å². The Labute approximate surface area is 130 Å². The van der Waals surface area contributed by atoms with E-state index < -0.39 is 0 Å². The lowest BCUT2D eigenvalue weighted by Gasteiger charge is -2.18. The lowest BCUT2D eigenvalue weighted by Crippen LogP contribution is -2.18. The SMILES string of the molecule is COc1cc(N2CCCC2)ncc1SCc1ccccc1. The zero-order chi connectivity index (χ0) is 14.5. The summed E-state index contributed by atoms with van der Waals surface area (Å²) >= 11 is 1.77. The van der Waals surface area contributed by atoms with Crippen molar-refractivity contribution < 1.29 is 4.74 Å². The first-order valence-electron chi connectivity index (χ1n) is 7.32. The van der Waals surface area contributed by atoms with Gasteiger partial charge < -0.3 is 9.64 Å². The number of pyridine rings is 1. The van der Waals surface area contributed by atoms with Crippen LogP contribution in [0.1, 0.15) is 18.4 Å². The Kier molecular flexibility index (Phi) is 4.65. The summed E-state index contributed by atoms with van der Waals surface area (Å²) in [5, 5.41) is 0. The first-order valence-corrected chi connectivity index (χ1v) is 8.31. The van der Waals surface area contributed by atoms with Crippen molar-refractivity contribution in [3.63, 3.8) is 0 Å². The number of aromatic nitrogens is 1. The standard InChI is InChI=1S/C17H20N2OS/c1-20-15-11-17(19-9-5-6-10-19)18-12-16(15)21-13-14-7-3-2-4-8-14/h2-4,7-8,11-12H,5-6,9-10,13H2,1H3. The third-order valence-corrected chi connectivity index (χ3v) is 4.80. The van der Waals surface area contributed by atoms with Crippen LogP contribution in [0, 0.1) is 0 Å². The van der Waals surface area contributed by atoms with Crippen molar-refractivity contribution in [1.82, 2.24) is 4.98 Å². The third kappa shape index (κ3) is 3.50. The second-order valence-electron chi connectivity index (χ2n) is 5.16. The van der Waals surface area contributed by atoms with Gasteiger partial charge in [0.15, 0.2) is 0 Å². The topological polar surface area (TPSA) is 25.4 Å². The highest BCUT2D eigenvalue weighted by molar-refractivity contribution is 7.98. The molecule has 0 atom stereocenters. The van der Waals surface area contributed by atoms with Gasteiger partial charge >= 0.3 is 0 Å². The fourth-order valence-corrected chi connectivity index (χ4v) is 3.46. The summed E-state index contributed by atoms with van der Waals surface area (Å²) in [4.78, 5) is 8.04. The lowest BCUT2D eigenvalue weighted by molar-refractivity contribution is 0.404. The number of rotatable bonds is 5. The normalized spacial score (nSPS) is 14.4. The van der Waals surface area contributed by atoms with Gasteiger partial charge in [-0.05, 0) is 18.4 Å². The van der Waals surface area contributed by atoms with Crippen LogP contribution in [0.4, 0.5) is 5.82 Å². The highest BCUT2D eigenvalue weighted by Crippen LogP contribution is 2.34. The fraction of sp³-hybridized carbons (Fsp3) is 0.353. The van der Waals surface area contributed by atoms with Crippen LogP contribution in [0.2, 0.25) is 0 Å². The van der Waals surface area contributed by atoms with Gasteiger partial charge in [-0.1, -0.05) is 30.3 Å². The quantitative estimate of drug-likeness (QED) is 0.780. The second kappa shape index (κ2) is 6.85. The Morgan fingerprint density at radius 2 is 1.95 bits per heavy atom. The van der Waals surface area contributed by atoms with Crippen LogP contribution < -0.4 is 9.64 Å². The Bertz CT molecular complexity index is 583. The molecule has 0 saturated carbocycles. The summed E-state index contributed by atoms with van der Waals surface area (Å²) in [6.45, 7) is 2.21. The molecule has 1 aromatic heterocycles. The summed E-state index contributed by atoms with van der Waals surface area (Å²) in [5.41, 5.74) is 1.31. The minimum atomic E-state index is 0.924. The molecule has 0 N–H and O–H groups in total. The smallest absolute Gasteiger partial charge is 0.137 e. The fourth-order valence-electron chi connectivity index (χ4n) is 2.54. The molecule has 3 rings (SSSR count). The van der Waals surface area contributed by atoms with Crippen molar-refractivity contribution in [2.75, 3.05) is 25.1 Å². The van der Waals surface area contributed by atoms with E-state index >= 15 is 0 Å². The maximum atomic E-state index is 5.55. The van der Waals surface area contributed by atoms with Crippen molar-refractivity contribution in [3.05, 3.63) is 48.2 Å². The average molecular weight is 300 g/mol. The van der Waals surface area contributed by atoms with E-state index in [-0.39, 0.29) is 0 Å². The molecule has 2 heterocycles. The van der Waals surface area contributed by atoms with Crippen molar-refractivity contribution in [2.24, 2.45) is 0 Å². The second-order valence-corrected chi connectivity index (χ2v) is 6.18. The number of anilines is 1. The van der Waals surface area contributed by atoms with Crippen LogP contribution in [0.5, 0.6) is 5.75 Å². The van der Waals surface area contributed by atoms with Gasteiger partial charge in [-0.3, -0.25) is 0 Å². The average Bonchev–Trinajstić information content (AvgIpc) is 3.08. The first kappa shape index (κ1) is 14.3. The van der Waals surface area contributed by atoms with E-state index in [0.29, 0.717) is 0 Å². The molecule has 0 spiro atoms. The molecular formula is C17H20N2OS. The number of nitrogens with zero attached hydrogens (tertiary/aromatic N) is 2. The van der Waals surface area contributed by atoms with Crippen LogP contribution in [0.3, 0.4) is 0 Å². The third-order valence-electron chi connectivity index (χ3n) is 3.70. The van der Waals surface area contributed by atoms with Crippen LogP contribution in [0.25, 0.3) is 0 Å². The van der Waals surface area contributed by atoms with Crippen molar-refractivity contribution in [3.8, 4) is 5.75 Å². The highest BCUT2D eigenvalue weighted by Gasteiger charge is 2.15. The molecule has 1 saturated heterocycles. The molecular weight excluding hydrogens is 280 g/mol. The molecule has 0 unspecified atom stereocenters. The number of hydrogen-bond donors (Lipinski definition) is 0. The van der Waals surface area contributed by atoms with Crippen LogP contribution in [0.15, 0.2) is 47.5 Å². The van der Waals surface area contributed by atoms with Gasteiger partial charge in [0.1, 0.15) is 11.6 Å². The van der Waals surface area contributed by atoms with E-state index in [0.717, 1.165) is 35.3 Å². The molecule has 4 heteroatoms. The van der Waals surface area contributed by atoms with Crippen LogP contribution in [-0.2, 0) is 5.75 Å². The summed E-state index contributed by atoms with van der Waals surface area (Å²) in [5.74, 6) is 2.89. The van der Waals surface area contributed by atoms with Crippen molar-refractivity contribution >= 4 is 17.6 Å². The van der Waals surface area contributed by atoms with E-state index in [1.54, 1.807) is 18.9 Å². The maximum Gasteiger partial charge on any atom is 0.137 e. The van der Waals surface area contributed by atoms with E-state index in [4.69, 9.17) is 4.74 Å². The first-order chi connectivity index (χ1) is 10.4. The molecule has 1 aromatic carbocycles. The van der Waals surface area contributed by atoms with Crippen LogP contribution >= 0.6 is 11.8 Å². The lowest BCUT2D eigenvalue weighted by atomic mass is 10.2. The van der Waals surface area contributed by atoms with Crippen molar-refractivity contribution in [2.45, 2.75) is 23.5 Å². The van der Waals surface area contributed by atoms with E-state index in [9.17, 15) is 0 Å². The molecule has 110 valence electrons. The number of hydrogen-bond acceptors (Lipinski definition) is 4. The summed E-state index contributed by atoms with van der Waals surface area (Å²) in [7, 11) is 1.73. The monoisotopic (exact) mass is 300 g/mol. The van der Waals surface area contributed by atoms with E-state index in [1.165, 1.54) is 18.4 Å². The van der Waals surface area contributed by atoms with Gasteiger partial charge in [-0.15, -0.1) is 11.8 Å². The summed E-state index contributed by atoms with van der Waals surface area (Å²) < 4.78 is 5.55. The summed E-state index contributed by atoms with van der Waals surface area (Å²) in [6.07, 6.45) is 4.46. The minimum Gasteiger partial charge on any atom is -0.495 e. The van der Waals surface area contributed by atoms with Gasteiger partial charge in [0.2, 0.25) is 0 Å². The molecule has 0 radical (unpaired) electrons. The van der Waals surface area contributed by atoms with E-state index in [1.807, 2.05) is 12.3 Å². The van der Waals surface area contributed by atoms with Gasteiger partial charge in [0.25, 0.3) is 0 Å². The molecule has 0 aliphatic carbocycles. The predicted molar refractivity (Wildman–Crippen MR) is 88.2 cm³/mol. The van der Waals surface area contributed by atoms with Gasteiger partial charge in [0.05, 0.1) is 12.0 Å². The molecule has 2 aromatic rings. The van der Waals surface area contributed by atoms with Gasteiger partial charge in [-0.2, -0.15) is 0 Å². The molecule has 0 bridgehead atoms. The minimum absolute atomic E-state index is 0.924. The highest BCUT2D eigenvalue weighted by atomic mass is 32.2. The Balaban J connectivity index is 1.72. The predicted octanol–water partition coefficient (Wildman–Crippen LogP) is 3.98. The van der Waals surface area contributed by atoms with Crippen LogP contribution in [-0.4, -0.2) is 25.2 Å². The number of benzene rings is 1. The molecule has 0 amide bonds. The Morgan fingerprint density at radius 1 is 1.19 bits per heavy atom. The van der Waals surface area contributed by atoms with Gasteiger partial charge in [0, 0.05) is 31.1 Å². The molecule has 1 aliphatic rings. The van der Waals surface area contributed by atoms with E-state index in [2.05, 4.69) is 40.2 Å². The maximum absolute atomic E-state index is 5.55. The number of thioether (sulfide) groups is 1. The largest absolute Gasteiger partial charge is 0.495 e. The molecule has 1 aliphatic heterocycles. The van der Waals surface area contributed by atoms with Crippen molar-refractivity contribution in [1.29, 1.82) is 0 Å². The zero-order valence-corrected chi connectivity index (χ0v) is 13.1. The molecule has 1 fully saturated rings. The number of methoxy groups -OCH3 is 1. The summed E-state index contributed by atoms with van der Waals surface area (Å²) in [6, 6.07) is 12.5.